The quantitative estimate of drug-likeness (QED) is 0.295. The minimum Gasteiger partial charge on any atom is -0.456 e. The number of rotatable bonds is 1. The first-order chi connectivity index (χ1) is 13.2. The van der Waals surface area contributed by atoms with Crippen LogP contribution in [-0.4, -0.2) is 12.5 Å². The summed E-state index contributed by atoms with van der Waals surface area (Å²) >= 11 is 0. The predicted octanol–water partition coefficient (Wildman–Crippen LogP) is 6.88. The number of hydrogen-bond acceptors (Lipinski definition) is 2. The lowest BCUT2D eigenvalue weighted by atomic mass is 9.99. The third-order valence-corrected chi connectivity index (χ3v) is 6.55. The second-order valence-electron chi connectivity index (χ2n) is 7.13. The lowest BCUT2D eigenvalue weighted by Crippen LogP contribution is -1.96. The number of fused-ring (bicyclic) bond motifs is 9. The van der Waals surface area contributed by atoms with Gasteiger partial charge in [-0.3, -0.25) is 0 Å². The highest BCUT2D eigenvalue weighted by atomic mass is 32.2. The molecule has 0 bridgehead atoms. The first-order valence-electron chi connectivity index (χ1n) is 8.98. The maximum Gasteiger partial charge on any atom is 0.198 e. The van der Waals surface area contributed by atoms with Crippen LogP contribution >= 0.6 is 0 Å². The maximum absolute atomic E-state index is 6.37. The SMILES string of the molecule is C[S+](C)c1cc2ccc3oc4ccccc4c3c2c2c1oc1ccccc12. The fraction of sp³-hybridized carbons (Fsp3) is 0.0833. The molecular weight excluding hydrogens is 352 g/mol. The molecule has 4 aromatic carbocycles. The van der Waals surface area contributed by atoms with Gasteiger partial charge in [0.15, 0.2) is 10.5 Å². The van der Waals surface area contributed by atoms with Gasteiger partial charge in [0.05, 0.1) is 0 Å². The average molecular weight is 369 g/mol. The normalized spacial score (nSPS) is 12.4. The van der Waals surface area contributed by atoms with E-state index < -0.39 is 0 Å². The Morgan fingerprint density at radius 2 is 1.30 bits per heavy atom. The van der Waals surface area contributed by atoms with Crippen molar-refractivity contribution in [3.05, 3.63) is 66.7 Å². The van der Waals surface area contributed by atoms with Crippen LogP contribution in [0.1, 0.15) is 0 Å². The Morgan fingerprint density at radius 1 is 0.630 bits per heavy atom. The molecule has 0 saturated carbocycles. The minimum absolute atomic E-state index is 0.0953. The minimum atomic E-state index is 0.0953. The zero-order valence-electron chi connectivity index (χ0n) is 15.1. The molecular formula is C24H17O2S+. The largest absolute Gasteiger partial charge is 0.456 e. The van der Waals surface area contributed by atoms with Crippen molar-refractivity contribution in [3.8, 4) is 0 Å². The van der Waals surface area contributed by atoms with Gasteiger partial charge in [-0.15, -0.1) is 0 Å². The van der Waals surface area contributed by atoms with Crippen LogP contribution in [0, 0.1) is 0 Å². The number of benzene rings is 4. The molecule has 0 fully saturated rings. The second kappa shape index (κ2) is 5.30. The van der Waals surface area contributed by atoms with Crippen LogP contribution in [0.4, 0.5) is 0 Å². The molecule has 3 heteroatoms. The van der Waals surface area contributed by atoms with Gasteiger partial charge in [0.1, 0.15) is 29.3 Å². The van der Waals surface area contributed by atoms with Crippen molar-refractivity contribution in [2.75, 3.05) is 12.5 Å². The molecule has 0 aliphatic carbocycles. The number of para-hydroxylation sites is 2. The van der Waals surface area contributed by atoms with Gasteiger partial charge in [0.25, 0.3) is 0 Å². The fourth-order valence-electron chi connectivity index (χ4n) is 4.20. The van der Waals surface area contributed by atoms with Crippen molar-refractivity contribution >= 4 is 65.5 Å². The summed E-state index contributed by atoms with van der Waals surface area (Å²) < 4.78 is 12.5. The highest BCUT2D eigenvalue weighted by Crippen LogP contribution is 2.43. The van der Waals surface area contributed by atoms with Gasteiger partial charge in [0, 0.05) is 43.9 Å². The molecule has 2 aromatic heterocycles. The molecule has 6 aromatic rings. The van der Waals surface area contributed by atoms with E-state index in [2.05, 4.69) is 61.0 Å². The van der Waals surface area contributed by atoms with Gasteiger partial charge in [-0.2, -0.15) is 0 Å². The van der Waals surface area contributed by atoms with E-state index in [-0.39, 0.29) is 10.9 Å². The first kappa shape index (κ1) is 15.2. The molecule has 0 unspecified atom stereocenters. The van der Waals surface area contributed by atoms with Crippen LogP contribution in [0.2, 0.25) is 0 Å². The third-order valence-electron chi connectivity index (χ3n) is 5.37. The lowest BCUT2D eigenvalue weighted by molar-refractivity contribution is 0.660. The molecule has 0 radical (unpaired) electrons. The van der Waals surface area contributed by atoms with E-state index in [1.54, 1.807) is 0 Å². The topological polar surface area (TPSA) is 26.3 Å². The molecule has 0 aliphatic heterocycles. The fourth-order valence-corrected chi connectivity index (χ4v) is 5.08. The summed E-state index contributed by atoms with van der Waals surface area (Å²) in [5, 5.41) is 7.18. The summed E-state index contributed by atoms with van der Waals surface area (Å²) in [6.07, 6.45) is 4.50. The van der Waals surface area contributed by atoms with Crippen molar-refractivity contribution < 1.29 is 8.83 Å². The Labute approximate surface area is 158 Å². The van der Waals surface area contributed by atoms with Gasteiger partial charge in [-0.1, -0.05) is 42.5 Å². The van der Waals surface area contributed by atoms with Crippen LogP contribution < -0.4 is 0 Å². The Balaban J connectivity index is 2.00. The predicted molar refractivity (Wildman–Crippen MR) is 116 cm³/mol. The van der Waals surface area contributed by atoms with E-state index in [0.29, 0.717) is 0 Å². The molecule has 27 heavy (non-hydrogen) atoms. The average Bonchev–Trinajstić information content (AvgIpc) is 3.25. The Bertz CT molecular complexity index is 1500. The van der Waals surface area contributed by atoms with E-state index in [0.717, 1.165) is 27.7 Å². The first-order valence-corrected chi connectivity index (χ1v) is 11.0. The standard InChI is InChI=1S/C24H17O2S/c1-27(2)20-13-14-11-12-19-22(15-7-3-5-9-17(15)25-19)21(14)23-16-8-4-6-10-18(16)26-24(20)23/h3-13H,1-2H3/q+1. The van der Waals surface area contributed by atoms with Crippen molar-refractivity contribution in [3.63, 3.8) is 0 Å². The highest BCUT2D eigenvalue weighted by molar-refractivity contribution is 7.95. The molecule has 0 saturated heterocycles. The van der Waals surface area contributed by atoms with Gasteiger partial charge in [-0.25, -0.2) is 0 Å². The summed E-state index contributed by atoms with van der Waals surface area (Å²) in [4.78, 5) is 1.28. The highest BCUT2D eigenvalue weighted by Gasteiger charge is 2.24. The summed E-state index contributed by atoms with van der Waals surface area (Å²) in [7, 11) is 0.0953. The van der Waals surface area contributed by atoms with E-state index in [9.17, 15) is 0 Å². The lowest BCUT2D eigenvalue weighted by Gasteiger charge is -2.05. The van der Waals surface area contributed by atoms with Crippen molar-refractivity contribution in [2.24, 2.45) is 0 Å². The molecule has 0 aliphatic rings. The monoisotopic (exact) mass is 369 g/mol. The van der Waals surface area contributed by atoms with Gasteiger partial charge >= 0.3 is 0 Å². The second-order valence-corrected chi connectivity index (χ2v) is 9.20. The zero-order valence-corrected chi connectivity index (χ0v) is 15.9. The van der Waals surface area contributed by atoms with Gasteiger partial charge in [0.2, 0.25) is 0 Å². The van der Waals surface area contributed by atoms with Crippen LogP contribution in [0.15, 0.2) is 80.5 Å². The molecule has 0 spiro atoms. The molecule has 130 valence electrons. The van der Waals surface area contributed by atoms with Gasteiger partial charge in [-0.05, 0) is 23.6 Å². The zero-order chi connectivity index (χ0) is 18.1. The van der Waals surface area contributed by atoms with E-state index in [1.165, 1.54) is 31.8 Å². The summed E-state index contributed by atoms with van der Waals surface area (Å²) in [6, 6.07) is 23.2. The van der Waals surface area contributed by atoms with Crippen LogP contribution in [0.3, 0.4) is 0 Å². The molecule has 2 nitrogen and oxygen atoms in total. The van der Waals surface area contributed by atoms with E-state index in [4.69, 9.17) is 8.83 Å². The van der Waals surface area contributed by atoms with Crippen LogP contribution in [0.5, 0.6) is 0 Å². The number of furan rings is 2. The summed E-state index contributed by atoms with van der Waals surface area (Å²) in [6.45, 7) is 0. The third kappa shape index (κ3) is 1.98. The Kier molecular flexibility index (Phi) is 2.98. The van der Waals surface area contributed by atoms with Crippen LogP contribution in [0.25, 0.3) is 54.6 Å². The van der Waals surface area contributed by atoms with E-state index in [1.807, 2.05) is 18.2 Å². The molecule has 0 amide bonds. The van der Waals surface area contributed by atoms with Crippen LogP contribution in [-0.2, 0) is 10.9 Å². The van der Waals surface area contributed by atoms with E-state index >= 15 is 0 Å². The maximum atomic E-state index is 6.37. The van der Waals surface area contributed by atoms with Gasteiger partial charge < -0.3 is 8.83 Å². The smallest absolute Gasteiger partial charge is 0.198 e. The molecule has 2 heterocycles. The van der Waals surface area contributed by atoms with Crippen molar-refractivity contribution in [1.29, 1.82) is 0 Å². The summed E-state index contributed by atoms with van der Waals surface area (Å²) in [5.41, 5.74) is 3.80. The summed E-state index contributed by atoms with van der Waals surface area (Å²) in [5.74, 6) is 0. The molecule has 6 rings (SSSR count). The van der Waals surface area contributed by atoms with Crippen molar-refractivity contribution in [1.82, 2.24) is 0 Å². The molecule has 0 atom stereocenters. The number of hydrogen-bond donors (Lipinski definition) is 0. The Hall–Kier alpha value is -2.91. The molecule has 0 N–H and O–H groups in total. The Morgan fingerprint density at radius 3 is 2.04 bits per heavy atom. The van der Waals surface area contributed by atoms with Crippen molar-refractivity contribution in [2.45, 2.75) is 4.90 Å².